The lowest BCUT2D eigenvalue weighted by molar-refractivity contribution is 0.587. The molecule has 24 heavy (non-hydrogen) atoms. The molecule has 0 fully saturated rings. The molecule has 0 aliphatic heterocycles. The third kappa shape index (κ3) is 4.14. The monoisotopic (exact) mass is 368 g/mol. The lowest BCUT2D eigenvalue weighted by Crippen LogP contribution is -2.32. The van der Waals surface area contributed by atoms with Gasteiger partial charge in [-0.25, -0.2) is 22.0 Å². The Balaban J connectivity index is 2.44. The molecule has 8 heteroatoms. The van der Waals surface area contributed by atoms with Crippen LogP contribution in [-0.2, 0) is 20.0 Å². The number of hydrogen-bond donors (Lipinski definition) is 1. The van der Waals surface area contributed by atoms with Gasteiger partial charge in [-0.15, -0.1) is 0 Å². The first-order chi connectivity index (χ1) is 11.3. The fourth-order valence-corrected chi connectivity index (χ4v) is 4.23. The molecule has 0 aliphatic rings. The van der Waals surface area contributed by atoms with E-state index in [1.807, 2.05) is 13.0 Å². The summed E-state index contributed by atoms with van der Waals surface area (Å²) in [5.74, 6) is 0. The highest BCUT2D eigenvalue weighted by Crippen LogP contribution is 2.24. The van der Waals surface area contributed by atoms with E-state index in [2.05, 4.69) is 0 Å². The summed E-state index contributed by atoms with van der Waals surface area (Å²) < 4.78 is 49.8. The van der Waals surface area contributed by atoms with E-state index in [1.54, 1.807) is 24.3 Å². The van der Waals surface area contributed by atoms with Crippen LogP contribution >= 0.6 is 0 Å². The van der Waals surface area contributed by atoms with Gasteiger partial charge < -0.3 is 0 Å². The van der Waals surface area contributed by atoms with E-state index >= 15 is 0 Å². The third-order valence-electron chi connectivity index (χ3n) is 3.50. The summed E-state index contributed by atoms with van der Waals surface area (Å²) in [6.45, 7) is 2.33. The van der Waals surface area contributed by atoms with Crippen LogP contribution in [0.1, 0.15) is 19.8 Å². The molecule has 2 rings (SSSR count). The number of para-hydroxylation sites is 1. The Labute approximate surface area is 143 Å². The molecule has 6 nitrogen and oxygen atoms in total. The van der Waals surface area contributed by atoms with Crippen LogP contribution in [0.5, 0.6) is 0 Å². The van der Waals surface area contributed by atoms with Crippen molar-refractivity contribution in [3.05, 3.63) is 54.6 Å². The lowest BCUT2D eigenvalue weighted by Gasteiger charge is -2.24. The highest BCUT2D eigenvalue weighted by molar-refractivity contribution is 7.92. The van der Waals surface area contributed by atoms with Gasteiger partial charge >= 0.3 is 0 Å². The molecule has 0 spiro atoms. The van der Waals surface area contributed by atoms with E-state index in [0.29, 0.717) is 18.7 Å². The molecule has 0 amide bonds. The number of anilines is 1. The van der Waals surface area contributed by atoms with E-state index in [0.717, 1.165) is 6.42 Å². The maximum atomic E-state index is 12.9. The van der Waals surface area contributed by atoms with Gasteiger partial charge in [0.2, 0.25) is 10.0 Å². The second kappa shape index (κ2) is 7.33. The Morgan fingerprint density at radius 1 is 0.875 bits per heavy atom. The molecule has 130 valence electrons. The van der Waals surface area contributed by atoms with Crippen molar-refractivity contribution in [1.82, 2.24) is 0 Å². The number of sulfonamides is 2. The molecule has 0 aliphatic carbocycles. The number of primary sulfonamides is 1. The Bertz CT molecular complexity index is 877. The molecular formula is C16H20N2O4S2. The number of benzene rings is 2. The highest BCUT2D eigenvalue weighted by Gasteiger charge is 2.24. The lowest BCUT2D eigenvalue weighted by atomic mass is 10.3. The van der Waals surface area contributed by atoms with Crippen LogP contribution in [-0.4, -0.2) is 23.4 Å². The number of nitrogens with zero attached hydrogens (tertiary/aromatic N) is 1. The van der Waals surface area contributed by atoms with E-state index in [9.17, 15) is 16.8 Å². The van der Waals surface area contributed by atoms with Gasteiger partial charge in [0.25, 0.3) is 10.0 Å². The molecule has 0 bridgehead atoms. The van der Waals surface area contributed by atoms with Gasteiger partial charge in [-0.2, -0.15) is 0 Å². The smallest absolute Gasteiger partial charge is 0.264 e. The Morgan fingerprint density at radius 3 is 1.92 bits per heavy atom. The van der Waals surface area contributed by atoms with Crippen LogP contribution < -0.4 is 9.44 Å². The molecule has 0 radical (unpaired) electrons. The molecule has 0 atom stereocenters. The Hall–Kier alpha value is -1.90. The van der Waals surface area contributed by atoms with Crippen LogP contribution in [0.15, 0.2) is 64.4 Å². The second-order valence-electron chi connectivity index (χ2n) is 5.28. The minimum Gasteiger partial charge on any atom is -0.266 e. The van der Waals surface area contributed by atoms with Crippen molar-refractivity contribution >= 4 is 25.7 Å². The molecule has 0 unspecified atom stereocenters. The average Bonchev–Trinajstić information content (AvgIpc) is 2.55. The summed E-state index contributed by atoms with van der Waals surface area (Å²) in [6, 6.07) is 13.7. The fourth-order valence-electron chi connectivity index (χ4n) is 2.21. The second-order valence-corrected chi connectivity index (χ2v) is 8.71. The van der Waals surface area contributed by atoms with Crippen LogP contribution in [0.3, 0.4) is 0 Å². The SMILES string of the molecule is CCCCN(c1ccccc1)S(=O)(=O)c1ccc(S(N)(=O)=O)cc1. The van der Waals surface area contributed by atoms with E-state index in [-0.39, 0.29) is 9.79 Å². The maximum absolute atomic E-state index is 12.9. The van der Waals surface area contributed by atoms with E-state index in [4.69, 9.17) is 5.14 Å². The fraction of sp³-hybridized carbons (Fsp3) is 0.250. The van der Waals surface area contributed by atoms with Gasteiger partial charge in [-0.3, -0.25) is 4.31 Å². The molecule has 2 aromatic carbocycles. The van der Waals surface area contributed by atoms with Crippen LogP contribution in [0.25, 0.3) is 0 Å². The number of hydrogen-bond acceptors (Lipinski definition) is 4. The number of rotatable bonds is 7. The van der Waals surface area contributed by atoms with Gasteiger partial charge in [0.05, 0.1) is 15.5 Å². The number of nitrogens with two attached hydrogens (primary N) is 1. The summed E-state index contributed by atoms with van der Waals surface area (Å²) in [5.41, 5.74) is 0.571. The van der Waals surface area contributed by atoms with Crippen molar-refractivity contribution in [3.63, 3.8) is 0 Å². The first kappa shape index (κ1) is 18.4. The summed E-state index contributed by atoms with van der Waals surface area (Å²) >= 11 is 0. The van der Waals surface area contributed by atoms with Gasteiger partial charge in [-0.1, -0.05) is 31.5 Å². The third-order valence-corrected chi connectivity index (χ3v) is 6.27. The zero-order chi connectivity index (χ0) is 17.8. The highest BCUT2D eigenvalue weighted by atomic mass is 32.2. The first-order valence-corrected chi connectivity index (χ1v) is 10.5. The van der Waals surface area contributed by atoms with Crippen molar-refractivity contribution in [1.29, 1.82) is 0 Å². The van der Waals surface area contributed by atoms with Crippen molar-refractivity contribution in [2.75, 3.05) is 10.8 Å². The Morgan fingerprint density at radius 2 is 1.42 bits per heavy atom. The van der Waals surface area contributed by atoms with Crippen molar-refractivity contribution in [3.8, 4) is 0 Å². The van der Waals surface area contributed by atoms with Crippen LogP contribution in [0.2, 0.25) is 0 Å². The van der Waals surface area contributed by atoms with Gasteiger partial charge in [0, 0.05) is 6.54 Å². The van der Waals surface area contributed by atoms with Crippen molar-refractivity contribution in [2.45, 2.75) is 29.6 Å². The molecular weight excluding hydrogens is 348 g/mol. The number of unbranched alkanes of at least 4 members (excludes halogenated alkanes) is 1. The molecule has 0 heterocycles. The molecule has 0 aromatic heterocycles. The van der Waals surface area contributed by atoms with E-state index in [1.165, 1.54) is 28.6 Å². The quantitative estimate of drug-likeness (QED) is 0.811. The summed E-state index contributed by atoms with van der Waals surface area (Å²) in [4.78, 5) is -0.101. The summed E-state index contributed by atoms with van der Waals surface area (Å²) in [5, 5.41) is 5.04. The van der Waals surface area contributed by atoms with Gasteiger partial charge in [0.15, 0.2) is 0 Å². The average molecular weight is 368 g/mol. The predicted octanol–water partition coefficient (Wildman–Crippen LogP) is 2.33. The van der Waals surface area contributed by atoms with Gasteiger partial charge in [-0.05, 0) is 42.8 Å². The molecule has 0 saturated heterocycles. The van der Waals surface area contributed by atoms with Crippen LogP contribution in [0, 0.1) is 0 Å². The molecule has 0 saturated carbocycles. The zero-order valence-corrected chi connectivity index (χ0v) is 14.9. The standard InChI is InChI=1S/C16H20N2O4S2/c1-2-3-13-18(14-7-5-4-6-8-14)24(21,22)16-11-9-15(10-12-16)23(17,19)20/h4-12H,2-3,13H2,1H3,(H2,17,19,20). The Kier molecular flexibility index (Phi) is 5.63. The first-order valence-electron chi connectivity index (χ1n) is 7.47. The largest absolute Gasteiger partial charge is 0.266 e. The summed E-state index contributed by atoms with van der Waals surface area (Å²) in [6.07, 6.45) is 1.56. The minimum absolute atomic E-state index is 0.0230. The zero-order valence-electron chi connectivity index (χ0n) is 13.3. The van der Waals surface area contributed by atoms with Gasteiger partial charge in [0.1, 0.15) is 0 Å². The normalized spacial score (nSPS) is 12.1. The van der Waals surface area contributed by atoms with Crippen LogP contribution in [0.4, 0.5) is 5.69 Å². The summed E-state index contributed by atoms with van der Waals surface area (Å²) in [7, 11) is -7.65. The maximum Gasteiger partial charge on any atom is 0.264 e. The molecule has 2 aromatic rings. The van der Waals surface area contributed by atoms with Crippen molar-refractivity contribution in [2.24, 2.45) is 5.14 Å². The predicted molar refractivity (Wildman–Crippen MR) is 93.7 cm³/mol. The van der Waals surface area contributed by atoms with Crippen molar-refractivity contribution < 1.29 is 16.8 Å². The minimum atomic E-state index is -3.86. The van der Waals surface area contributed by atoms with E-state index < -0.39 is 20.0 Å². The molecule has 2 N–H and O–H groups in total. The topological polar surface area (TPSA) is 97.5 Å².